The molecule has 0 aliphatic rings. The summed E-state index contributed by atoms with van der Waals surface area (Å²) in [6.07, 6.45) is 1.53. The van der Waals surface area contributed by atoms with Crippen LogP contribution >= 0.6 is 11.3 Å². The van der Waals surface area contributed by atoms with Crippen LogP contribution in [0.25, 0.3) is 0 Å². The maximum atomic E-state index is 11.6. The zero-order valence-electron chi connectivity index (χ0n) is 9.36. The predicted molar refractivity (Wildman–Crippen MR) is 63.7 cm³/mol. The molecule has 0 atom stereocenters. The van der Waals surface area contributed by atoms with Gasteiger partial charge in [0, 0.05) is 32.1 Å². The van der Waals surface area contributed by atoms with Crippen molar-refractivity contribution in [2.45, 2.75) is 12.8 Å². The number of rotatable bonds is 7. The largest absolute Gasteiger partial charge is 0.385 e. The molecule has 0 aliphatic heterocycles. The number of hydrogen-bond donors (Lipinski definition) is 2. The fraction of sp³-hybridized carbons (Fsp3) is 0.600. The zero-order valence-corrected chi connectivity index (χ0v) is 10.2. The first-order valence-electron chi connectivity index (χ1n) is 5.19. The number of carbonyl (C=O) groups excluding carboxylic acids is 1. The number of nitrogens with one attached hydrogen (secondary N) is 1. The summed E-state index contributed by atoms with van der Waals surface area (Å²) in [5.74, 6) is -0.129. The summed E-state index contributed by atoms with van der Waals surface area (Å²) in [5, 5.41) is 5.45. The molecule has 0 aliphatic carbocycles. The van der Waals surface area contributed by atoms with Crippen molar-refractivity contribution < 1.29 is 9.53 Å². The van der Waals surface area contributed by atoms with Crippen LogP contribution in [0.2, 0.25) is 0 Å². The lowest BCUT2D eigenvalue weighted by atomic mass is 10.4. The summed E-state index contributed by atoms with van der Waals surface area (Å²) in [7, 11) is 1.64. The monoisotopic (exact) mass is 243 g/mol. The van der Waals surface area contributed by atoms with Crippen molar-refractivity contribution in [1.82, 2.24) is 10.3 Å². The van der Waals surface area contributed by atoms with Crippen LogP contribution in [0.5, 0.6) is 0 Å². The topological polar surface area (TPSA) is 77.2 Å². The molecular weight excluding hydrogens is 226 g/mol. The molecule has 1 amide bonds. The van der Waals surface area contributed by atoms with E-state index in [1.165, 1.54) is 11.3 Å². The van der Waals surface area contributed by atoms with Gasteiger partial charge in [0.2, 0.25) is 0 Å². The van der Waals surface area contributed by atoms with Crippen molar-refractivity contribution in [3.05, 3.63) is 16.1 Å². The first-order chi connectivity index (χ1) is 7.77. The second kappa shape index (κ2) is 7.32. The Labute approximate surface area is 99.0 Å². The first-order valence-corrected chi connectivity index (χ1v) is 6.07. The van der Waals surface area contributed by atoms with Crippen LogP contribution < -0.4 is 11.1 Å². The van der Waals surface area contributed by atoms with Crippen molar-refractivity contribution in [3.63, 3.8) is 0 Å². The number of nitrogens with zero attached hydrogens (tertiary/aromatic N) is 1. The fourth-order valence-electron chi connectivity index (χ4n) is 1.16. The lowest BCUT2D eigenvalue weighted by molar-refractivity contribution is 0.0944. The molecule has 90 valence electrons. The number of amides is 1. The van der Waals surface area contributed by atoms with Gasteiger partial charge in [-0.3, -0.25) is 4.79 Å². The van der Waals surface area contributed by atoms with E-state index in [9.17, 15) is 4.79 Å². The minimum atomic E-state index is -0.129. The molecule has 0 saturated carbocycles. The van der Waals surface area contributed by atoms with E-state index in [1.807, 2.05) is 0 Å². The molecule has 5 nitrogen and oxygen atoms in total. The van der Waals surface area contributed by atoms with Gasteiger partial charge in [-0.1, -0.05) is 0 Å². The SMILES string of the molecule is COCCCNC(=O)c1csc(CCN)n1. The molecule has 1 rings (SSSR count). The predicted octanol–water partition coefficient (Wildman–Crippen LogP) is 0.411. The summed E-state index contributed by atoms with van der Waals surface area (Å²) >= 11 is 1.47. The lowest BCUT2D eigenvalue weighted by Crippen LogP contribution is -2.25. The Morgan fingerprint density at radius 3 is 3.19 bits per heavy atom. The molecule has 0 aromatic carbocycles. The van der Waals surface area contributed by atoms with Crippen molar-refractivity contribution in [2.24, 2.45) is 5.73 Å². The molecule has 0 saturated heterocycles. The highest BCUT2D eigenvalue weighted by Gasteiger charge is 2.09. The van der Waals surface area contributed by atoms with Crippen LogP contribution in [0, 0.1) is 0 Å². The van der Waals surface area contributed by atoms with Crippen LogP contribution in [0.4, 0.5) is 0 Å². The number of hydrogen-bond acceptors (Lipinski definition) is 5. The third-order valence-corrected chi connectivity index (χ3v) is 2.86. The van der Waals surface area contributed by atoms with Crippen LogP contribution in [0.15, 0.2) is 5.38 Å². The highest BCUT2D eigenvalue weighted by Crippen LogP contribution is 2.09. The number of ether oxygens (including phenoxy) is 1. The summed E-state index contributed by atoms with van der Waals surface area (Å²) in [6.45, 7) is 1.81. The Morgan fingerprint density at radius 1 is 1.69 bits per heavy atom. The van der Waals surface area contributed by atoms with E-state index >= 15 is 0 Å². The highest BCUT2D eigenvalue weighted by atomic mass is 32.1. The van der Waals surface area contributed by atoms with Crippen molar-refractivity contribution in [3.8, 4) is 0 Å². The van der Waals surface area contributed by atoms with E-state index in [1.54, 1.807) is 12.5 Å². The van der Waals surface area contributed by atoms with Gasteiger partial charge in [-0.05, 0) is 13.0 Å². The van der Waals surface area contributed by atoms with Crippen LogP contribution in [0.1, 0.15) is 21.9 Å². The second-order valence-corrected chi connectivity index (χ2v) is 4.21. The average molecular weight is 243 g/mol. The van der Waals surface area contributed by atoms with Crippen LogP contribution in [0.3, 0.4) is 0 Å². The van der Waals surface area contributed by atoms with Crippen LogP contribution in [-0.2, 0) is 11.2 Å². The minimum absolute atomic E-state index is 0.129. The molecule has 1 heterocycles. The van der Waals surface area contributed by atoms with E-state index in [4.69, 9.17) is 10.5 Å². The summed E-state index contributed by atoms with van der Waals surface area (Å²) in [6, 6.07) is 0. The Kier molecular flexibility index (Phi) is 5.99. The first kappa shape index (κ1) is 13.1. The summed E-state index contributed by atoms with van der Waals surface area (Å²) in [5.41, 5.74) is 5.89. The third kappa shape index (κ3) is 4.26. The average Bonchev–Trinajstić information content (AvgIpc) is 2.73. The van der Waals surface area contributed by atoms with Crippen molar-refractivity contribution >= 4 is 17.2 Å². The standard InChI is InChI=1S/C10H17N3O2S/c1-15-6-2-5-12-10(14)8-7-16-9(13-8)3-4-11/h7H,2-6,11H2,1H3,(H,12,14). The van der Waals surface area contributed by atoms with Gasteiger partial charge < -0.3 is 15.8 Å². The Bertz CT molecular complexity index is 328. The number of thiazole rings is 1. The molecule has 0 radical (unpaired) electrons. The second-order valence-electron chi connectivity index (χ2n) is 3.27. The molecule has 0 fully saturated rings. The number of methoxy groups -OCH3 is 1. The van der Waals surface area contributed by atoms with Crippen molar-refractivity contribution in [2.75, 3.05) is 26.8 Å². The molecule has 6 heteroatoms. The minimum Gasteiger partial charge on any atom is -0.385 e. The van der Waals surface area contributed by atoms with Gasteiger partial charge in [0.15, 0.2) is 0 Å². The van der Waals surface area contributed by atoms with Crippen molar-refractivity contribution in [1.29, 1.82) is 0 Å². The van der Waals surface area contributed by atoms with Crippen LogP contribution in [-0.4, -0.2) is 37.7 Å². The Morgan fingerprint density at radius 2 is 2.50 bits per heavy atom. The van der Waals surface area contributed by atoms with Gasteiger partial charge >= 0.3 is 0 Å². The molecule has 3 N–H and O–H groups in total. The maximum absolute atomic E-state index is 11.6. The third-order valence-electron chi connectivity index (χ3n) is 1.95. The van der Waals surface area contributed by atoms with Gasteiger partial charge in [-0.15, -0.1) is 11.3 Å². The molecule has 0 unspecified atom stereocenters. The molecular formula is C10H17N3O2S. The smallest absolute Gasteiger partial charge is 0.270 e. The van der Waals surface area contributed by atoms with Gasteiger partial charge in [0.1, 0.15) is 5.69 Å². The molecule has 1 aromatic rings. The summed E-state index contributed by atoms with van der Waals surface area (Å²) < 4.78 is 4.89. The van der Waals surface area contributed by atoms with Gasteiger partial charge in [-0.2, -0.15) is 0 Å². The quantitative estimate of drug-likeness (QED) is 0.680. The summed E-state index contributed by atoms with van der Waals surface area (Å²) in [4.78, 5) is 15.8. The van der Waals surface area contributed by atoms with E-state index < -0.39 is 0 Å². The van der Waals surface area contributed by atoms with Gasteiger partial charge in [-0.25, -0.2) is 4.98 Å². The van der Waals surface area contributed by atoms with E-state index in [-0.39, 0.29) is 5.91 Å². The van der Waals surface area contributed by atoms with E-state index in [2.05, 4.69) is 10.3 Å². The fourth-order valence-corrected chi connectivity index (χ4v) is 1.96. The molecule has 16 heavy (non-hydrogen) atoms. The molecule has 1 aromatic heterocycles. The lowest BCUT2D eigenvalue weighted by Gasteiger charge is -2.01. The molecule has 0 spiro atoms. The Hall–Kier alpha value is -0.980. The normalized spacial score (nSPS) is 10.4. The number of aromatic nitrogens is 1. The Balaban J connectivity index is 2.34. The van der Waals surface area contributed by atoms with Gasteiger partial charge in [0.25, 0.3) is 5.91 Å². The molecule has 0 bridgehead atoms. The van der Waals surface area contributed by atoms with E-state index in [0.717, 1.165) is 17.8 Å². The highest BCUT2D eigenvalue weighted by molar-refractivity contribution is 7.09. The zero-order chi connectivity index (χ0) is 11.8. The maximum Gasteiger partial charge on any atom is 0.270 e. The number of carbonyl (C=O) groups is 1. The van der Waals surface area contributed by atoms with Gasteiger partial charge in [0.05, 0.1) is 5.01 Å². The number of nitrogens with two attached hydrogens (primary N) is 1. The van der Waals surface area contributed by atoms with E-state index in [0.29, 0.717) is 25.4 Å².